The molecule has 5 heteroatoms. The summed E-state index contributed by atoms with van der Waals surface area (Å²) in [6, 6.07) is 3.79. The lowest BCUT2D eigenvalue weighted by Gasteiger charge is -2.18. The molecule has 0 saturated carbocycles. The van der Waals surface area contributed by atoms with E-state index in [1.54, 1.807) is 0 Å². The second-order valence-corrected chi connectivity index (χ2v) is 2.94. The molecule has 0 fully saturated rings. The van der Waals surface area contributed by atoms with E-state index in [-0.39, 0.29) is 10.6 Å². The van der Waals surface area contributed by atoms with E-state index in [0.29, 0.717) is 0 Å². The molecule has 0 aliphatic rings. The highest BCUT2D eigenvalue weighted by Crippen LogP contribution is 2.17. The zero-order valence-electron chi connectivity index (χ0n) is 6.32. The third kappa shape index (κ3) is 1.75. The molecule has 66 valence electrons. The number of benzene rings is 1. The maximum atomic E-state index is 12.2. The normalized spacial score (nSPS) is 11.8. The van der Waals surface area contributed by atoms with E-state index in [4.69, 9.17) is 11.6 Å². The van der Waals surface area contributed by atoms with E-state index in [0.717, 1.165) is 6.07 Å². The first kappa shape index (κ1) is 9.45. The van der Waals surface area contributed by atoms with Crippen LogP contribution in [0.2, 0.25) is 5.02 Å². The highest BCUT2D eigenvalue weighted by Gasteiger charge is 2.27. The third-order valence-corrected chi connectivity index (χ3v) is 2.07. The van der Waals surface area contributed by atoms with E-state index >= 15 is 0 Å². The molecule has 1 aromatic carbocycles. The monoisotopic (exact) mass is 193 g/mol. The molecular weight excluding hydrogens is 187 g/mol. The molecule has 0 amide bonds. The predicted molar refractivity (Wildman–Crippen MR) is 44.9 cm³/mol. The average molecular weight is 193 g/mol. The van der Waals surface area contributed by atoms with Gasteiger partial charge in [-0.05, 0) is 13.0 Å². The summed E-state index contributed by atoms with van der Waals surface area (Å²) in [4.78, 5) is 0. The van der Waals surface area contributed by atoms with E-state index in [1.165, 1.54) is 19.1 Å². The summed E-state index contributed by atoms with van der Waals surface area (Å²) in [6.07, 6.45) is 0. The minimum atomic E-state index is -4.93. The summed E-state index contributed by atoms with van der Waals surface area (Å²) in [5.41, 5.74) is -0.505. The van der Waals surface area contributed by atoms with E-state index in [9.17, 15) is 12.9 Å². The summed E-state index contributed by atoms with van der Waals surface area (Å²) < 4.78 is 36.7. The lowest BCUT2D eigenvalue weighted by molar-refractivity contribution is 0.500. The van der Waals surface area contributed by atoms with Gasteiger partial charge in [-0.3, -0.25) is 0 Å². The van der Waals surface area contributed by atoms with Gasteiger partial charge in [-0.25, -0.2) is 0 Å². The van der Waals surface area contributed by atoms with Gasteiger partial charge in [-0.2, -0.15) is 0 Å². The Hall–Kier alpha value is -0.635. The molecule has 0 radical (unpaired) electrons. The van der Waals surface area contributed by atoms with Crippen LogP contribution in [0.5, 0.6) is 0 Å². The fraction of sp³-hybridized carbons (Fsp3) is 0.143. The van der Waals surface area contributed by atoms with Crippen LogP contribution in [0.3, 0.4) is 0 Å². The Morgan fingerprint density at radius 3 is 2.25 bits per heavy atom. The van der Waals surface area contributed by atoms with Crippen LogP contribution >= 0.6 is 11.6 Å². The molecule has 0 N–H and O–H groups in total. The van der Waals surface area contributed by atoms with Crippen LogP contribution in [0.4, 0.5) is 12.9 Å². The first-order valence-electron chi connectivity index (χ1n) is 3.38. The molecule has 0 saturated heterocycles. The highest BCUT2D eigenvalue weighted by molar-refractivity contribution is 6.74. The summed E-state index contributed by atoms with van der Waals surface area (Å²) in [5, 5.41) is 0.159. The van der Waals surface area contributed by atoms with Crippen molar-refractivity contribution in [2.45, 2.75) is 6.92 Å². The van der Waals surface area contributed by atoms with Crippen LogP contribution in [0.15, 0.2) is 18.2 Å². The molecule has 1 aromatic rings. The third-order valence-electron chi connectivity index (χ3n) is 1.66. The Labute approximate surface area is 73.4 Å². The van der Waals surface area contributed by atoms with Gasteiger partial charge in [-0.15, -0.1) is 5.46 Å². The summed E-state index contributed by atoms with van der Waals surface area (Å²) in [7, 11) is 0. The Kier molecular flexibility index (Phi) is 2.37. The fourth-order valence-corrected chi connectivity index (χ4v) is 1.16. The molecule has 1 rings (SSSR count). The van der Waals surface area contributed by atoms with Crippen LogP contribution in [-0.2, 0) is 0 Å². The molecule has 0 bridgehead atoms. The second-order valence-electron chi connectivity index (χ2n) is 2.53. The number of hydrogen-bond acceptors (Lipinski definition) is 0. The molecule has 12 heavy (non-hydrogen) atoms. The zero-order chi connectivity index (χ0) is 9.35. The van der Waals surface area contributed by atoms with E-state index < -0.39 is 12.4 Å². The summed E-state index contributed by atoms with van der Waals surface area (Å²) in [6.45, 7) is -3.56. The maximum Gasteiger partial charge on any atom is 0.509 e. The Morgan fingerprint density at radius 2 is 1.83 bits per heavy atom. The molecule has 0 aromatic heterocycles. The van der Waals surface area contributed by atoms with Gasteiger partial charge in [0, 0.05) is 5.02 Å². The van der Waals surface area contributed by atoms with Crippen LogP contribution in [0, 0.1) is 6.92 Å². The molecule has 0 spiro atoms. The lowest BCUT2D eigenvalue weighted by Crippen LogP contribution is -2.36. The fourth-order valence-electron chi connectivity index (χ4n) is 0.979. The van der Waals surface area contributed by atoms with Gasteiger partial charge in [0.05, 0.1) is 0 Å². The first-order chi connectivity index (χ1) is 5.43. The molecule has 0 atom stereocenters. The van der Waals surface area contributed by atoms with Crippen molar-refractivity contribution in [3.63, 3.8) is 0 Å². The van der Waals surface area contributed by atoms with Gasteiger partial charge in [-0.1, -0.05) is 29.3 Å². The standard InChI is InChI=1S/C7H6BClF3/c1-5-6(8(10,11)12)3-2-4-7(5)9/h2-4H,1H3/q-1. The van der Waals surface area contributed by atoms with Gasteiger partial charge < -0.3 is 12.9 Å². The van der Waals surface area contributed by atoms with Crippen LogP contribution in [-0.4, -0.2) is 6.98 Å². The van der Waals surface area contributed by atoms with Crippen molar-refractivity contribution in [3.8, 4) is 0 Å². The Morgan fingerprint density at radius 1 is 1.25 bits per heavy atom. The van der Waals surface area contributed by atoms with Crippen LogP contribution < -0.4 is 5.46 Å². The van der Waals surface area contributed by atoms with Gasteiger partial charge in [0.15, 0.2) is 0 Å². The van der Waals surface area contributed by atoms with Crippen molar-refractivity contribution in [3.05, 3.63) is 28.8 Å². The van der Waals surface area contributed by atoms with E-state index in [1.807, 2.05) is 0 Å². The quantitative estimate of drug-likeness (QED) is 0.602. The molecule has 0 heterocycles. The molecular formula is C7H6BClF3-. The molecule has 0 aliphatic carbocycles. The lowest BCUT2D eigenvalue weighted by atomic mass is 9.77. The summed E-state index contributed by atoms with van der Waals surface area (Å²) >= 11 is 5.53. The number of halogens is 4. The van der Waals surface area contributed by atoms with Crippen LogP contribution in [0.1, 0.15) is 5.56 Å². The van der Waals surface area contributed by atoms with Crippen molar-refractivity contribution in [1.29, 1.82) is 0 Å². The topological polar surface area (TPSA) is 0 Å². The predicted octanol–water partition coefficient (Wildman–Crippen LogP) is 2.70. The van der Waals surface area contributed by atoms with Crippen molar-refractivity contribution >= 4 is 24.0 Å². The van der Waals surface area contributed by atoms with Crippen molar-refractivity contribution in [2.24, 2.45) is 0 Å². The van der Waals surface area contributed by atoms with Crippen molar-refractivity contribution < 1.29 is 12.9 Å². The zero-order valence-corrected chi connectivity index (χ0v) is 7.08. The molecule has 0 aliphatic heterocycles. The second kappa shape index (κ2) is 3.01. The van der Waals surface area contributed by atoms with Crippen LogP contribution in [0.25, 0.3) is 0 Å². The SMILES string of the molecule is Cc1c(Cl)cccc1[B-](F)(F)F. The minimum absolute atomic E-state index is 0.103. The summed E-state index contributed by atoms with van der Waals surface area (Å²) in [5.74, 6) is 0. The molecule has 0 unspecified atom stereocenters. The van der Waals surface area contributed by atoms with E-state index in [2.05, 4.69) is 0 Å². The van der Waals surface area contributed by atoms with Gasteiger partial charge in [0.2, 0.25) is 0 Å². The largest absolute Gasteiger partial charge is 0.509 e. The Balaban J connectivity index is 3.26. The highest BCUT2D eigenvalue weighted by atomic mass is 35.5. The number of hydrogen-bond donors (Lipinski definition) is 0. The number of rotatable bonds is 1. The maximum absolute atomic E-state index is 12.2. The van der Waals surface area contributed by atoms with Gasteiger partial charge >= 0.3 is 6.98 Å². The van der Waals surface area contributed by atoms with Gasteiger partial charge in [0.1, 0.15) is 0 Å². The smallest absolute Gasteiger partial charge is 0.445 e. The van der Waals surface area contributed by atoms with Gasteiger partial charge in [0.25, 0.3) is 0 Å². The molecule has 0 nitrogen and oxygen atoms in total. The Bertz CT molecular complexity index is 295. The van der Waals surface area contributed by atoms with Crippen molar-refractivity contribution in [1.82, 2.24) is 0 Å². The first-order valence-corrected chi connectivity index (χ1v) is 3.75. The van der Waals surface area contributed by atoms with Crippen molar-refractivity contribution in [2.75, 3.05) is 0 Å². The average Bonchev–Trinajstić information content (AvgIpc) is 1.92. The minimum Gasteiger partial charge on any atom is -0.445 e.